The van der Waals surface area contributed by atoms with Crippen molar-refractivity contribution in [2.45, 2.75) is 13.1 Å². The van der Waals surface area contributed by atoms with Gasteiger partial charge in [0.05, 0.1) is 28.4 Å². The van der Waals surface area contributed by atoms with Crippen LogP contribution in [0.5, 0.6) is 23.0 Å². The summed E-state index contributed by atoms with van der Waals surface area (Å²) in [6, 6.07) is 15.4. The van der Waals surface area contributed by atoms with Crippen LogP contribution in [0.2, 0.25) is 0 Å². The summed E-state index contributed by atoms with van der Waals surface area (Å²) in [4.78, 5) is 11.2. The van der Waals surface area contributed by atoms with E-state index in [1.165, 1.54) is 0 Å². The highest BCUT2D eigenvalue weighted by Gasteiger charge is 2.18. The molecule has 4 rings (SSSR count). The van der Waals surface area contributed by atoms with Gasteiger partial charge < -0.3 is 29.6 Å². The number of aromatic nitrogens is 2. The number of hydrogen-bond acceptors (Lipinski definition) is 8. The fraction of sp³-hybridized carbons (Fsp3) is 0.231. The first-order valence-corrected chi connectivity index (χ1v) is 10.7. The highest BCUT2D eigenvalue weighted by atomic mass is 16.5. The molecule has 0 aliphatic heterocycles. The molecule has 4 aromatic rings. The number of nitrogens with two attached hydrogens (primary N) is 1. The molecule has 0 bridgehead atoms. The van der Waals surface area contributed by atoms with Crippen molar-refractivity contribution in [3.63, 3.8) is 0 Å². The van der Waals surface area contributed by atoms with Gasteiger partial charge in [-0.15, -0.1) is 0 Å². The lowest BCUT2D eigenvalue weighted by molar-refractivity contribution is 0.389. The minimum absolute atomic E-state index is 0.463. The number of nitrogens with zero attached hydrogens (tertiary/aromatic N) is 3. The molecule has 0 saturated carbocycles. The summed E-state index contributed by atoms with van der Waals surface area (Å²) in [5, 5.41) is 1.86. The number of anilines is 2. The Labute approximate surface area is 198 Å². The van der Waals surface area contributed by atoms with Gasteiger partial charge in [0.25, 0.3) is 0 Å². The smallest absolute Gasteiger partial charge is 0.138 e. The first kappa shape index (κ1) is 23.0. The third-order valence-corrected chi connectivity index (χ3v) is 5.66. The number of pyridine rings is 2. The molecule has 0 fully saturated rings. The van der Waals surface area contributed by atoms with E-state index in [4.69, 9.17) is 29.7 Å². The van der Waals surface area contributed by atoms with Crippen LogP contribution in [0, 0.1) is 0 Å². The second-order valence-electron chi connectivity index (χ2n) is 7.68. The van der Waals surface area contributed by atoms with Crippen LogP contribution in [0.3, 0.4) is 0 Å². The van der Waals surface area contributed by atoms with Crippen LogP contribution < -0.4 is 29.6 Å². The minimum atomic E-state index is 0.463. The number of benzene rings is 2. The number of nitrogen functional groups attached to an aromatic ring is 1. The predicted octanol–water partition coefficient (Wildman–Crippen LogP) is 4.45. The topological polar surface area (TPSA) is 92.0 Å². The second-order valence-corrected chi connectivity index (χ2v) is 7.68. The molecule has 8 heteroatoms. The highest BCUT2D eigenvalue weighted by molar-refractivity contribution is 5.92. The Bertz CT molecular complexity index is 1240. The van der Waals surface area contributed by atoms with Gasteiger partial charge in [0, 0.05) is 54.1 Å². The molecule has 0 saturated heterocycles. The van der Waals surface area contributed by atoms with Crippen LogP contribution in [-0.2, 0) is 13.1 Å². The van der Waals surface area contributed by atoms with Crippen LogP contribution in [0.4, 0.5) is 11.6 Å². The Morgan fingerprint density at radius 2 is 1.32 bits per heavy atom. The van der Waals surface area contributed by atoms with Crippen LogP contribution in [0.25, 0.3) is 10.8 Å². The van der Waals surface area contributed by atoms with Crippen LogP contribution in [0.15, 0.2) is 60.9 Å². The van der Waals surface area contributed by atoms with Gasteiger partial charge in [0.1, 0.15) is 34.6 Å². The Hall–Kier alpha value is -4.20. The van der Waals surface area contributed by atoms with Crippen LogP contribution in [0.1, 0.15) is 11.1 Å². The maximum atomic E-state index is 5.93. The summed E-state index contributed by atoms with van der Waals surface area (Å²) in [5.41, 5.74) is 7.89. The van der Waals surface area contributed by atoms with E-state index in [0.717, 1.165) is 50.7 Å². The van der Waals surface area contributed by atoms with Gasteiger partial charge in [-0.2, -0.15) is 0 Å². The first-order chi connectivity index (χ1) is 16.6. The Morgan fingerprint density at radius 1 is 0.735 bits per heavy atom. The molecule has 2 aromatic heterocycles. The van der Waals surface area contributed by atoms with Gasteiger partial charge in [-0.25, -0.2) is 9.97 Å². The van der Waals surface area contributed by atoms with Gasteiger partial charge in [0.2, 0.25) is 0 Å². The summed E-state index contributed by atoms with van der Waals surface area (Å²) >= 11 is 0. The molecule has 2 N–H and O–H groups in total. The Kier molecular flexibility index (Phi) is 6.87. The van der Waals surface area contributed by atoms with Crippen molar-refractivity contribution >= 4 is 22.4 Å². The maximum absolute atomic E-state index is 5.93. The summed E-state index contributed by atoms with van der Waals surface area (Å²) < 4.78 is 22.0. The average Bonchev–Trinajstić information content (AvgIpc) is 2.88. The monoisotopic (exact) mass is 460 g/mol. The third-order valence-electron chi connectivity index (χ3n) is 5.66. The Balaban J connectivity index is 1.81. The van der Waals surface area contributed by atoms with E-state index in [2.05, 4.69) is 9.88 Å². The maximum Gasteiger partial charge on any atom is 0.138 e. The van der Waals surface area contributed by atoms with Gasteiger partial charge in [-0.3, -0.25) is 0 Å². The Morgan fingerprint density at radius 3 is 1.85 bits per heavy atom. The molecule has 0 unspecified atom stereocenters. The van der Waals surface area contributed by atoms with Crippen molar-refractivity contribution in [1.82, 2.24) is 9.97 Å². The number of fused-ring (bicyclic) bond motifs is 1. The fourth-order valence-electron chi connectivity index (χ4n) is 3.90. The van der Waals surface area contributed by atoms with Gasteiger partial charge in [-0.1, -0.05) is 0 Å². The molecule has 8 nitrogen and oxygen atoms in total. The fourth-order valence-corrected chi connectivity index (χ4v) is 3.90. The lowest BCUT2D eigenvalue weighted by atomic mass is 10.1. The van der Waals surface area contributed by atoms with Gasteiger partial charge in [-0.05, 0) is 41.8 Å². The van der Waals surface area contributed by atoms with Crippen molar-refractivity contribution in [1.29, 1.82) is 0 Å². The molecule has 0 atom stereocenters. The summed E-state index contributed by atoms with van der Waals surface area (Å²) in [5.74, 6) is 4.16. The standard InChI is InChI=1S/C26H28N4O4/c1-31-20-7-5-18(23(12-20)33-3)15-30(16-19-6-8-21(32-2)13-24(19)34-4)26-22-14-29-25(27)11-17(22)9-10-28-26/h5-14H,15-16H2,1-4H3,(H2,27,29). The molecule has 2 heterocycles. The van der Waals surface area contributed by atoms with Crippen molar-refractivity contribution in [2.24, 2.45) is 0 Å². The van der Waals surface area contributed by atoms with Gasteiger partial charge in [0.15, 0.2) is 0 Å². The van der Waals surface area contributed by atoms with E-state index in [0.29, 0.717) is 18.9 Å². The van der Waals surface area contributed by atoms with E-state index in [1.807, 2.05) is 48.5 Å². The van der Waals surface area contributed by atoms with Crippen molar-refractivity contribution in [3.8, 4) is 23.0 Å². The van der Waals surface area contributed by atoms with Crippen LogP contribution >= 0.6 is 0 Å². The van der Waals surface area contributed by atoms with E-state index in [9.17, 15) is 0 Å². The van der Waals surface area contributed by atoms with E-state index < -0.39 is 0 Å². The van der Waals surface area contributed by atoms with Crippen molar-refractivity contribution in [3.05, 3.63) is 72.1 Å². The number of methoxy groups -OCH3 is 4. The first-order valence-electron chi connectivity index (χ1n) is 10.7. The second kappa shape index (κ2) is 10.2. The quantitative estimate of drug-likeness (QED) is 0.392. The zero-order valence-corrected chi connectivity index (χ0v) is 19.7. The average molecular weight is 461 g/mol. The molecule has 0 aliphatic rings. The molecule has 0 radical (unpaired) electrons. The van der Waals surface area contributed by atoms with Crippen LogP contribution in [-0.4, -0.2) is 38.4 Å². The van der Waals surface area contributed by atoms with E-state index >= 15 is 0 Å². The minimum Gasteiger partial charge on any atom is -0.497 e. The predicted molar refractivity (Wildman–Crippen MR) is 133 cm³/mol. The molecule has 0 amide bonds. The molecule has 34 heavy (non-hydrogen) atoms. The summed E-state index contributed by atoms with van der Waals surface area (Å²) in [7, 11) is 6.57. The SMILES string of the molecule is COc1ccc(CN(Cc2ccc(OC)cc2OC)c2nccc3cc(N)ncc23)c(OC)c1. The molecule has 0 spiro atoms. The third kappa shape index (κ3) is 4.76. The van der Waals surface area contributed by atoms with Crippen molar-refractivity contribution in [2.75, 3.05) is 39.1 Å². The molecular weight excluding hydrogens is 432 g/mol. The lowest BCUT2D eigenvalue weighted by Gasteiger charge is -2.27. The molecule has 2 aromatic carbocycles. The highest BCUT2D eigenvalue weighted by Crippen LogP contribution is 2.33. The largest absolute Gasteiger partial charge is 0.497 e. The zero-order chi connectivity index (χ0) is 24.1. The molecule has 176 valence electrons. The summed E-state index contributed by atoms with van der Waals surface area (Å²) in [6.07, 6.45) is 3.54. The lowest BCUT2D eigenvalue weighted by Crippen LogP contribution is -2.24. The normalized spacial score (nSPS) is 10.7. The van der Waals surface area contributed by atoms with Crippen molar-refractivity contribution < 1.29 is 18.9 Å². The van der Waals surface area contributed by atoms with Gasteiger partial charge >= 0.3 is 0 Å². The summed E-state index contributed by atoms with van der Waals surface area (Å²) in [6.45, 7) is 1.05. The number of ether oxygens (including phenoxy) is 4. The zero-order valence-electron chi connectivity index (χ0n) is 19.7. The van der Waals surface area contributed by atoms with E-state index in [-0.39, 0.29) is 0 Å². The number of hydrogen-bond donors (Lipinski definition) is 1. The molecule has 0 aliphatic carbocycles. The van der Waals surface area contributed by atoms with E-state index in [1.54, 1.807) is 40.8 Å². The molecular formula is C26H28N4O4. The number of rotatable bonds is 9.